The molecule has 0 aromatic carbocycles. The maximum Gasteiger partial charge on any atom is 0.242 e. The average molecular weight is 471 g/mol. The highest BCUT2D eigenvalue weighted by Gasteiger charge is 2.40. The molecule has 34 heavy (non-hydrogen) atoms. The Hall–Kier alpha value is -1.95. The molecule has 2 atom stereocenters. The molecule has 0 aliphatic carbocycles. The Labute approximate surface area is 206 Å². The van der Waals surface area contributed by atoms with Gasteiger partial charge in [0, 0.05) is 25.8 Å². The maximum absolute atomic E-state index is 13.4. The second kappa shape index (κ2) is 15.1. The van der Waals surface area contributed by atoms with E-state index in [4.69, 9.17) is 0 Å². The van der Waals surface area contributed by atoms with Gasteiger partial charge in [0.15, 0.2) is 0 Å². The second-order valence-corrected chi connectivity index (χ2v) is 10.1. The van der Waals surface area contributed by atoms with Crippen molar-refractivity contribution in [2.24, 2.45) is 0 Å². The zero-order chi connectivity index (χ0) is 24.0. The number of carbonyl (C=O) groups excluding carboxylic acids is 2. The van der Waals surface area contributed by atoms with Crippen molar-refractivity contribution in [2.45, 2.75) is 115 Å². The number of nitrogens with zero attached hydrogens (tertiary/aromatic N) is 3. The van der Waals surface area contributed by atoms with Crippen molar-refractivity contribution in [1.29, 1.82) is 0 Å². The number of pyridine rings is 1. The minimum Gasteiger partial charge on any atom is -0.354 e. The average Bonchev–Trinajstić information content (AvgIpc) is 3.53. The number of amides is 2. The summed E-state index contributed by atoms with van der Waals surface area (Å²) in [5.74, 6) is 0.168. The molecular formula is C28H46N4O2. The molecule has 2 fully saturated rings. The van der Waals surface area contributed by atoms with Gasteiger partial charge in [0.25, 0.3) is 0 Å². The largest absolute Gasteiger partial charge is 0.354 e. The first-order valence-corrected chi connectivity index (χ1v) is 13.9. The van der Waals surface area contributed by atoms with Crippen molar-refractivity contribution in [3.8, 4) is 0 Å². The van der Waals surface area contributed by atoms with Crippen LogP contribution in [0.1, 0.15) is 103 Å². The lowest BCUT2D eigenvalue weighted by molar-refractivity contribution is -0.142. The van der Waals surface area contributed by atoms with Crippen LogP contribution in [0.5, 0.6) is 0 Å². The van der Waals surface area contributed by atoms with Gasteiger partial charge in [-0.05, 0) is 50.8 Å². The quantitative estimate of drug-likeness (QED) is 0.363. The lowest BCUT2D eigenvalue weighted by atomic mass is 10.1. The fourth-order valence-electron chi connectivity index (χ4n) is 5.43. The molecule has 2 amide bonds. The van der Waals surface area contributed by atoms with E-state index in [2.05, 4.69) is 22.1 Å². The summed E-state index contributed by atoms with van der Waals surface area (Å²) in [6.45, 7) is 5.29. The molecule has 190 valence electrons. The summed E-state index contributed by atoms with van der Waals surface area (Å²) in [4.78, 5) is 34.8. The molecule has 6 nitrogen and oxygen atoms in total. The Bertz CT molecular complexity index is 726. The number of unbranched alkanes of at least 4 members (excludes halogenated alkanes) is 9. The molecule has 0 saturated carbocycles. The molecule has 0 bridgehead atoms. The maximum atomic E-state index is 13.4. The Kier molecular flexibility index (Phi) is 11.9. The predicted octanol–water partition coefficient (Wildman–Crippen LogP) is 5.07. The first kappa shape index (κ1) is 26.7. The molecule has 1 aromatic heterocycles. The number of hydrogen-bond acceptors (Lipinski definition) is 4. The van der Waals surface area contributed by atoms with Crippen LogP contribution in [-0.2, 0) is 16.1 Å². The summed E-state index contributed by atoms with van der Waals surface area (Å²) in [5, 5.41) is 3.12. The van der Waals surface area contributed by atoms with Crippen LogP contribution >= 0.6 is 0 Å². The zero-order valence-electron chi connectivity index (χ0n) is 21.4. The van der Waals surface area contributed by atoms with Crippen LogP contribution < -0.4 is 5.32 Å². The third-order valence-electron chi connectivity index (χ3n) is 7.41. The Morgan fingerprint density at radius 2 is 1.59 bits per heavy atom. The summed E-state index contributed by atoms with van der Waals surface area (Å²) < 4.78 is 0. The smallest absolute Gasteiger partial charge is 0.242 e. The minimum absolute atomic E-state index is 0.0380. The normalized spacial score (nSPS) is 20.7. The van der Waals surface area contributed by atoms with E-state index >= 15 is 0 Å². The van der Waals surface area contributed by atoms with Gasteiger partial charge < -0.3 is 10.2 Å². The SMILES string of the molecule is CCCCCCCCCCCCNC(=O)[C@@H]1CCCN1C(=O)[C@@H]1CCCN1Cc1ccccn1. The molecule has 2 aliphatic heterocycles. The number of carbonyl (C=O) groups is 2. The first-order valence-electron chi connectivity index (χ1n) is 13.9. The molecule has 1 aromatic rings. The van der Waals surface area contributed by atoms with Gasteiger partial charge in [-0.2, -0.15) is 0 Å². The molecule has 3 heterocycles. The Morgan fingerprint density at radius 1 is 0.912 bits per heavy atom. The van der Waals surface area contributed by atoms with E-state index in [-0.39, 0.29) is 23.9 Å². The number of likely N-dealkylation sites (tertiary alicyclic amines) is 2. The molecule has 0 radical (unpaired) electrons. The molecule has 1 N–H and O–H groups in total. The van der Waals surface area contributed by atoms with Crippen molar-refractivity contribution in [1.82, 2.24) is 20.1 Å². The van der Waals surface area contributed by atoms with Crippen molar-refractivity contribution in [3.05, 3.63) is 30.1 Å². The van der Waals surface area contributed by atoms with Crippen LogP contribution in [0.25, 0.3) is 0 Å². The van der Waals surface area contributed by atoms with E-state index in [0.717, 1.165) is 50.9 Å². The van der Waals surface area contributed by atoms with Crippen LogP contribution in [0.15, 0.2) is 24.4 Å². The van der Waals surface area contributed by atoms with E-state index in [1.807, 2.05) is 23.1 Å². The minimum atomic E-state index is -0.298. The van der Waals surface area contributed by atoms with Crippen molar-refractivity contribution >= 4 is 11.8 Å². The van der Waals surface area contributed by atoms with Crippen molar-refractivity contribution in [2.75, 3.05) is 19.6 Å². The lowest BCUT2D eigenvalue weighted by Gasteiger charge is -2.30. The highest BCUT2D eigenvalue weighted by molar-refractivity contribution is 5.90. The molecule has 6 heteroatoms. The predicted molar refractivity (Wildman–Crippen MR) is 137 cm³/mol. The van der Waals surface area contributed by atoms with Gasteiger partial charge in [-0.25, -0.2) is 0 Å². The Morgan fingerprint density at radius 3 is 2.29 bits per heavy atom. The molecule has 3 rings (SSSR count). The molecule has 0 unspecified atom stereocenters. The van der Waals surface area contributed by atoms with E-state index in [1.54, 1.807) is 6.20 Å². The van der Waals surface area contributed by atoms with Gasteiger partial charge in [0.1, 0.15) is 6.04 Å². The fraction of sp³-hybridized carbons (Fsp3) is 0.750. The van der Waals surface area contributed by atoms with Gasteiger partial charge in [0.2, 0.25) is 11.8 Å². The van der Waals surface area contributed by atoms with Crippen LogP contribution in [0.4, 0.5) is 0 Å². The standard InChI is InChI=1S/C28H46N4O2/c1-2-3-4-5-6-7-8-9-10-12-20-30-27(33)25-17-15-22-32(25)28(34)26-18-14-21-31(26)23-24-16-11-13-19-29-24/h11,13,16,19,25-26H,2-10,12,14-15,17-18,20-23H2,1H3,(H,30,33)/t25-,26-/m0/s1. The van der Waals surface area contributed by atoms with Crippen LogP contribution in [0.3, 0.4) is 0 Å². The van der Waals surface area contributed by atoms with Crippen LogP contribution in [0, 0.1) is 0 Å². The highest BCUT2D eigenvalue weighted by atomic mass is 16.2. The molecule has 2 aliphatic rings. The van der Waals surface area contributed by atoms with Crippen LogP contribution in [-0.4, -0.2) is 58.3 Å². The van der Waals surface area contributed by atoms with Gasteiger partial charge in [-0.15, -0.1) is 0 Å². The van der Waals surface area contributed by atoms with Gasteiger partial charge in [-0.1, -0.05) is 70.8 Å². The van der Waals surface area contributed by atoms with Crippen molar-refractivity contribution < 1.29 is 9.59 Å². The number of nitrogens with one attached hydrogen (secondary N) is 1. The summed E-state index contributed by atoms with van der Waals surface area (Å²) in [5.41, 5.74) is 0.995. The summed E-state index contributed by atoms with van der Waals surface area (Å²) in [7, 11) is 0. The number of rotatable bonds is 15. The van der Waals surface area contributed by atoms with E-state index in [1.165, 1.54) is 57.8 Å². The Balaban J connectivity index is 1.34. The van der Waals surface area contributed by atoms with E-state index < -0.39 is 0 Å². The number of aromatic nitrogens is 1. The van der Waals surface area contributed by atoms with Crippen molar-refractivity contribution in [3.63, 3.8) is 0 Å². The fourth-order valence-corrected chi connectivity index (χ4v) is 5.43. The van der Waals surface area contributed by atoms with Gasteiger partial charge >= 0.3 is 0 Å². The van der Waals surface area contributed by atoms with E-state index in [9.17, 15) is 9.59 Å². The second-order valence-electron chi connectivity index (χ2n) is 10.1. The third kappa shape index (κ3) is 8.37. The van der Waals surface area contributed by atoms with E-state index in [0.29, 0.717) is 13.1 Å². The van der Waals surface area contributed by atoms with Gasteiger partial charge in [-0.3, -0.25) is 19.5 Å². The third-order valence-corrected chi connectivity index (χ3v) is 7.41. The number of hydrogen-bond donors (Lipinski definition) is 1. The monoisotopic (exact) mass is 470 g/mol. The topological polar surface area (TPSA) is 65.5 Å². The molecular weight excluding hydrogens is 424 g/mol. The zero-order valence-corrected chi connectivity index (χ0v) is 21.4. The van der Waals surface area contributed by atoms with Gasteiger partial charge in [0.05, 0.1) is 11.7 Å². The highest BCUT2D eigenvalue weighted by Crippen LogP contribution is 2.26. The summed E-state index contributed by atoms with van der Waals surface area (Å²) in [6, 6.07) is 5.49. The molecule has 0 spiro atoms. The lowest BCUT2D eigenvalue weighted by Crippen LogP contribution is -2.51. The summed E-state index contributed by atoms with van der Waals surface area (Å²) >= 11 is 0. The molecule has 2 saturated heterocycles. The first-order chi connectivity index (χ1) is 16.7. The van der Waals surface area contributed by atoms with Crippen LogP contribution in [0.2, 0.25) is 0 Å². The summed E-state index contributed by atoms with van der Waals surface area (Å²) in [6.07, 6.45) is 18.3.